The number of fused-ring (bicyclic) bond motifs is 8. The summed E-state index contributed by atoms with van der Waals surface area (Å²) in [4.78, 5) is 0. The van der Waals surface area contributed by atoms with E-state index in [1.165, 1.54) is 38.0 Å². The maximum Gasteiger partial charge on any atom is 0.135 e. The second-order valence-corrected chi connectivity index (χ2v) is 17.3. The first kappa shape index (κ1) is 40.0. The van der Waals surface area contributed by atoms with Gasteiger partial charge in [-0.2, -0.15) is 0 Å². The summed E-state index contributed by atoms with van der Waals surface area (Å²) in [5.41, 5.74) is 17.3. The van der Waals surface area contributed by atoms with Crippen molar-refractivity contribution in [3.8, 4) is 17.1 Å². The summed E-state index contributed by atoms with van der Waals surface area (Å²) in [7, 11) is 0. The highest BCUT2D eigenvalue weighted by atomic mass is 16.3. The third-order valence-corrected chi connectivity index (χ3v) is 13.5. The van der Waals surface area contributed by atoms with Gasteiger partial charge in [0.05, 0.1) is 27.6 Å². The zero-order valence-corrected chi connectivity index (χ0v) is 37.8. The van der Waals surface area contributed by atoms with E-state index in [9.17, 15) is 0 Å². The molecule has 8 aromatic carbocycles. The molecular formula is C62H48N4O. The van der Waals surface area contributed by atoms with Gasteiger partial charge in [0, 0.05) is 89.6 Å². The molecule has 5 heteroatoms. The van der Waals surface area contributed by atoms with Crippen LogP contribution in [0, 0.1) is 6.92 Å². The van der Waals surface area contributed by atoms with Gasteiger partial charge in [-0.05, 0) is 110 Å². The van der Waals surface area contributed by atoms with Crippen LogP contribution in [0.2, 0.25) is 0 Å². The lowest BCUT2D eigenvalue weighted by Crippen LogP contribution is -1.99. The summed E-state index contributed by atoms with van der Waals surface area (Å²) in [6.45, 7) is 11.2. The smallest absolute Gasteiger partial charge is 0.135 e. The minimum absolute atomic E-state index is 0.822. The van der Waals surface area contributed by atoms with Crippen LogP contribution in [0.1, 0.15) is 42.0 Å². The Hall–Kier alpha value is -8.54. The molecule has 67 heavy (non-hydrogen) atoms. The average molecular weight is 865 g/mol. The van der Waals surface area contributed by atoms with Gasteiger partial charge in [-0.15, -0.1) is 0 Å². The first-order chi connectivity index (χ1) is 33.0. The third-order valence-electron chi connectivity index (χ3n) is 13.5. The molecule has 4 aromatic heterocycles. The number of aryl methyl sites for hydroxylation is 1. The van der Waals surface area contributed by atoms with Gasteiger partial charge < -0.3 is 23.4 Å². The zero-order valence-electron chi connectivity index (χ0n) is 37.8. The predicted molar refractivity (Wildman–Crippen MR) is 285 cm³/mol. The molecule has 0 saturated carbocycles. The Morgan fingerprint density at radius 2 is 1.07 bits per heavy atom. The highest BCUT2D eigenvalue weighted by Crippen LogP contribution is 2.40. The molecule has 0 amide bonds. The largest absolute Gasteiger partial charge is 0.460 e. The van der Waals surface area contributed by atoms with E-state index >= 15 is 0 Å². The number of aromatic nitrogens is 3. The fraction of sp³-hybridized carbons (Fsp3) is 0.0645. The van der Waals surface area contributed by atoms with Gasteiger partial charge in [0.15, 0.2) is 0 Å². The Morgan fingerprint density at radius 3 is 1.67 bits per heavy atom. The van der Waals surface area contributed by atoms with Crippen molar-refractivity contribution in [1.82, 2.24) is 13.7 Å². The van der Waals surface area contributed by atoms with E-state index in [0.29, 0.717) is 0 Å². The number of para-hydroxylation sites is 5. The number of rotatable bonds is 10. The third kappa shape index (κ3) is 6.53. The van der Waals surface area contributed by atoms with Crippen LogP contribution in [0.3, 0.4) is 0 Å². The highest BCUT2D eigenvalue weighted by molar-refractivity contribution is 6.11. The van der Waals surface area contributed by atoms with E-state index in [2.05, 4.69) is 246 Å². The van der Waals surface area contributed by atoms with Crippen molar-refractivity contribution in [2.75, 3.05) is 5.32 Å². The summed E-state index contributed by atoms with van der Waals surface area (Å²) in [5.74, 6) is 0.992. The van der Waals surface area contributed by atoms with Crippen LogP contribution in [-0.2, 0) is 6.42 Å². The Kier molecular flexibility index (Phi) is 9.65. The van der Waals surface area contributed by atoms with E-state index in [1.54, 1.807) is 0 Å². The fourth-order valence-corrected chi connectivity index (χ4v) is 10.4. The van der Waals surface area contributed by atoms with Crippen molar-refractivity contribution in [2.45, 2.75) is 27.2 Å². The van der Waals surface area contributed by atoms with E-state index in [0.717, 1.165) is 96.1 Å². The summed E-state index contributed by atoms with van der Waals surface area (Å²) in [6.07, 6.45) is 9.50. The molecule has 12 aromatic rings. The number of furan rings is 1. The van der Waals surface area contributed by atoms with Gasteiger partial charge in [-0.3, -0.25) is 0 Å². The molecule has 0 aliphatic heterocycles. The van der Waals surface area contributed by atoms with Crippen molar-refractivity contribution in [3.63, 3.8) is 0 Å². The molecule has 0 fully saturated rings. The van der Waals surface area contributed by atoms with Crippen molar-refractivity contribution < 1.29 is 4.42 Å². The number of allylic oxidation sites excluding steroid dienone is 3. The molecule has 4 heterocycles. The molecule has 1 N–H and O–H groups in total. The molecule has 0 aliphatic rings. The second kappa shape index (κ2) is 16.2. The van der Waals surface area contributed by atoms with Gasteiger partial charge >= 0.3 is 0 Å². The maximum atomic E-state index is 6.30. The molecule has 0 spiro atoms. The standard InChI is InChI=1S/C62H48N4O/c1-5-18-51-54-37-42(30-36-62(54)67-61(51)6-2)63-55-34-31-44(65-56-25-14-10-21-47(56)48-22-11-15-26-57(48)65)38-52(55)40(3)29-33-46-41(4)64(43-19-8-7-9-20-43)60-35-32-45(39-53(46)60)66-58-27-16-12-23-49(58)50-24-13-17-28-59(50)66/h5,7-39,63H,3,6H2,1-2,4H3/b18-5-,33-29-. The minimum Gasteiger partial charge on any atom is -0.460 e. The normalized spacial score (nSPS) is 12.1. The molecule has 322 valence electrons. The summed E-state index contributed by atoms with van der Waals surface area (Å²) in [5, 5.41) is 11.0. The summed E-state index contributed by atoms with van der Waals surface area (Å²) in [6, 6.07) is 65.4. The molecule has 0 atom stereocenters. The lowest BCUT2D eigenvalue weighted by Gasteiger charge is -2.16. The number of nitrogens with one attached hydrogen (secondary N) is 1. The second-order valence-electron chi connectivity index (χ2n) is 17.3. The predicted octanol–water partition coefficient (Wildman–Crippen LogP) is 16.9. The SMILES string of the molecule is C=C(/C=C\c1c(C)n(-c2ccccc2)c2ccc(-n3c4ccccc4c4ccccc43)cc12)c1cc(-n2c3ccccc3c3ccccc32)ccc1Nc1ccc2oc(CC)c(/C=C\C)c2c1. The first-order valence-corrected chi connectivity index (χ1v) is 23.1. The van der Waals surface area contributed by atoms with Gasteiger partial charge in [-0.1, -0.05) is 129 Å². The van der Waals surface area contributed by atoms with Crippen LogP contribution in [0.5, 0.6) is 0 Å². The summed E-state index contributed by atoms with van der Waals surface area (Å²) < 4.78 is 13.4. The van der Waals surface area contributed by atoms with Crippen molar-refractivity contribution >= 4 is 94.6 Å². The van der Waals surface area contributed by atoms with Crippen LogP contribution < -0.4 is 5.32 Å². The number of nitrogens with zero attached hydrogens (tertiary/aromatic N) is 3. The monoisotopic (exact) mass is 864 g/mol. The van der Waals surface area contributed by atoms with Crippen molar-refractivity contribution in [2.24, 2.45) is 0 Å². The van der Waals surface area contributed by atoms with Crippen LogP contribution in [-0.4, -0.2) is 13.7 Å². The Bertz CT molecular complexity index is 3870. The van der Waals surface area contributed by atoms with E-state index in [-0.39, 0.29) is 0 Å². The Labute approximate surface area is 389 Å². The van der Waals surface area contributed by atoms with Crippen LogP contribution in [0.25, 0.3) is 100 Å². The molecule has 0 radical (unpaired) electrons. The molecule has 12 rings (SSSR count). The van der Waals surface area contributed by atoms with Gasteiger partial charge in [0.25, 0.3) is 0 Å². The lowest BCUT2D eigenvalue weighted by atomic mass is 10.0. The summed E-state index contributed by atoms with van der Waals surface area (Å²) >= 11 is 0. The van der Waals surface area contributed by atoms with Crippen LogP contribution in [0.4, 0.5) is 11.4 Å². The van der Waals surface area contributed by atoms with Crippen molar-refractivity contribution in [1.29, 1.82) is 0 Å². The van der Waals surface area contributed by atoms with Gasteiger partial charge in [-0.25, -0.2) is 0 Å². The fourth-order valence-electron chi connectivity index (χ4n) is 10.4. The number of anilines is 2. The molecule has 5 nitrogen and oxygen atoms in total. The molecule has 0 bridgehead atoms. The Balaban J connectivity index is 1.02. The Morgan fingerprint density at radius 1 is 0.522 bits per heavy atom. The van der Waals surface area contributed by atoms with E-state index in [4.69, 9.17) is 11.0 Å². The van der Waals surface area contributed by atoms with Gasteiger partial charge in [0.2, 0.25) is 0 Å². The number of hydrogen-bond acceptors (Lipinski definition) is 2. The quantitative estimate of drug-likeness (QED) is 0.139. The first-order valence-electron chi connectivity index (χ1n) is 23.1. The van der Waals surface area contributed by atoms with Crippen molar-refractivity contribution in [3.05, 3.63) is 229 Å². The molecule has 0 saturated heterocycles. The highest BCUT2D eigenvalue weighted by Gasteiger charge is 2.19. The molecule has 0 aliphatic carbocycles. The lowest BCUT2D eigenvalue weighted by molar-refractivity contribution is 0.556. The van der Waals surface area contributed by atoms with Gasteiger partial charge in [0.1, 0.15) is 11.3 Å². The topological polar surface area (TPSA) is 40.0 Å². The zero-order chi connectivity index (χ0) is 45.2. The molecular weight excluding hydrogens is 817 g/mol. The molecule has 0 unspecified atom stereocenters. The minimum atomic E-state index is 0.822. The van der Waals surface area contributed by atoms with Crippen LogP contribution >= 0.6 is 0 Å². The number of hydrogen-bond donors (Lipinski definition) is 1. The van der Waals surface area contributed by atoms with E-state index < -0.39 is 0 Å². The number of benzene rings is 8. The maximum absolute atomic E-state index is 6.30. The van der Waals surface area contributed by atoms with Crippen LogP contribution in [0.15, 0.2) is 205 Å². The average Bonchev–Trinajstić information content (AvgIpc) is 4.09. The van der Waals surface area contributed by atoms with E-state index in [1.807, 2.05) is 0 Å².